The van der Waals surface area contributed by atoms with E-state index in [9.17, 15) is 9.59 Å². The fraction of sp³-hybridized carbons (Fsp3) is 0.736. The summed E-state index contributed by atoms with van der Waals surface area (Å²) in [6, 6.07) is 0. The van der Waals surface area contributed by atoms with Gasteiger partial charge in [-0.15, -0.1) is 0 Å². The first kappa shape index (κ1) is 55.3. The lowest BCUT2D eigenvalue weighted by molar-refractivity contribution is -0.162. The van der Waals surface area contributed by atoms with E-state index in [1.807, 2.05) is 6.08 Å². The van der Waals surface area contributed by atoms with E-state index >= 15 is 0 Å². The number of esters is 2. The largest absolute Gasteiger partial charge is 0.462 e. The number of ether oxygens (including phenoxy) is 3. The van der Waals surface area contributed by atoms with E-state index < -0.39 is 6.10 Å². The molecule has 0 aromatic heterocycles. The van der Waals surface area contributed by atoms with Crippen LogP contribution in [0.1, 0.15) is 226 Å². The fourth-order valence-corrected chi connectivity index (χ4v) is 6.61. The van der Waals surface area contributed by atoms with Gasteiger partial charge in [-0.25, -0.2) is 0 Å². The molecular formula is C53H92O5. The number of carbonyl (C=O) groups is 2. The number of rotatable bonds is 44. The van der Waals surface area contributed by atoms with Crippen LogP contribution in [0, 0.1) is 0 Å². The summed E-state index contributed by atoms with van der Waals surface area (Å²) in [5.74, 6) is -0.494. The highest BCUT2D eigenvalue weighted by Crippen LogP contribution is 2.14. The molecule has 5 heteroatoms. The van der Waals surface area contributed by atoms with Crippen molar-refractivity contribution in [2.24, 2.45) is 0 Å². The van der Waals surface area contributed by atoms with Crippen molar-refractivity contribution in [3.8, 4) is 0 Å². The second kappa shape index (κ2) is 48.7. The van der Waals surface area contributed by atoms with Crippen LogP contribution >= 0.6 is 0 Å². The Morgan fingerprint density at radius 1 is 0.397 bits per heavy atom. The lowest BCUT2D eigenvalue weighted by Crippen LogP contribution is -2.30. The summed E-state index contributed by atoms with van der Waals surface area (Å²) in [6.45, 7) is 7.59. The highest BCUT2D eigenvalue weighted by molar-refractivity contribution is 5.70. The Balaban J connectivity index is 4.36. The van der Waals surface area contributed by atoms with Crippen LogP contribution < -0.4 is 0 Å². The molecule has 0 N–H and O–H groups in total. The van der Waals surface area contributed by atoms with E-state index in [-0.39, 0.29) is 25.2 Å². The average molecular weight is 809 g/mol. The van der Waals surface area contributed by atoms with E-state index in [1.165, 1.54) is 128 Å². The van der Waals surface area contributed by atoms with E-state index in [0.29, 0.717) is 25.9 Å². The molecule has 0 rings (SSSR count). The topological polar surface area (TPSA) is 61.8 Å². The SMILES string of the molecule is CC/C=C\C/C=C\C/C=C\C/C=C\CCC(=O)OCC(COCCCCCCCC/C=C\C/C=C\CCCCC)OC(=O)CCCCCCCCCCCCCCC. The predicted octanol–water partition coefficient (Wildman–Crippen LogP) is 16.3. The zero-order valence-corrected chi connectivity index (χ0v) is 38.3. The van der Waals surface area contributed by atoms with E-state index in [0.717, 1.165) is 57.8 Å². The van der Waals surface area contributed by atoms with Gasteiger partial charge in [-0.2, -0.15) is 0 Å². The van der Waals surface area contributed by atoms with Gasteiger partial charge in [-0.1, -0.05) is 209 Å². The molecule has 5 nitrogen and oxygen atoms in total. The van der Waals surface area contributed by atoms with Crippen LogP contribution in [0.15, 0.2) is 72.9 Å². The van der Waals surface area contributed by atoms with Gasteiger partial charge in [-0.05, 0) is 77.0 Å². The molecule has 0 radical (unpaired) electrons. The Kier molecular flexibility index (Phi) is 46.5. The van der Waals surface area contributed by atoms with Gasteiger partial charge in [0, 0.05) is 19.4 Å². The molecule has 0 saturated carbocycles. The zero-order chi connectivity index (χ0) is 42.1. The summed E-state index contributed by atoms with van der Waals surface area (Å²) >= 11 is 0. The molecule has 0 heterocycles. The fourth-order valence-electron chi connectivity index (χ4n) is 6.61. The summed E-state index contributed by atoms with van der Waals surface area (Å²) in [5, 5.41) is 0. The van der Waals surface area contributed by atoms with Crippen molar-refractivity contribution in [2.45, 2.75) is 232 Å². The number of hydrogen-bond donors (Lipinski definition) is 0. The summed E-state index contributed by atoms with van der Waals surface area (Å²) in [6.07, 6.45) is 62.0. The van der Waals surface area contributed by atoms with Gasteiger partial charge in [0.15, 0.2) is 6.10 Å². The number of carbonyl (C=O) groups excluding carboxylic acids is 2. The lowest BCUT2D eigenvalue weighted by Gasteiger charge is -2.18. The molecule has 1 atom stereocenters. The third-order valence-corrected chi connectivity index (χ3v) is 10.2. The van der Waals surface area contributed by atoms with E-state index in [2.05, 4.69) is 87.6 Å². The number of unbranched alkanes of at least 4 members (excludes halogenated alkanes) is 21. The van der Waals surface area contributed by atoms with E-state index in [4.69, 9.17) is 14.2 Å². The third kappa shape index (κ3) is 46.0. The molecule has 0 spiro atoms. The molecule has 58 heavy (non-hydrogen) atoms. The quantitative estimate of drug-likeness (QED) is 0.0348. The minimum atomic E-state index is -0.569. The maximum atomic E-state index is 12.8. The molecule has 0 fully saturated rings. The summed E-state index contributed by atoms with van der Waals surface area (Å²) in [4.78, 5) is 25.3. The molecule has 0 aromatic rings. The van der Waals surface area contributed by atoms with Crippen molar-refractivity contribution in [2.75, 3.05) is 19.8 Å². The molecule has 0 aromatic carbocycles. The highest BCUT2D eigenvalue weighted by atomic mass is 16.6. The second-order valence-electron chi connectivity index (χ2n) is 16.0. The van der Waals surface area contributed by atoms with Gasteiger partial charge in [0.05, 0.1) is 6.61 Å². The minimum Gasteiger partial charge on any atom is -0.462 e. The Hall–Kier alpha value is -2.66. The first-order valence-electron chi connectivity index (χ1n) is 24.5. The average Bonchev–Trinajstić information content (AvgIpc) is 3.22. The van der Waals surface area contributed by atoms with Crippen molar-refractivity contribution in [1.29, 1.82) is 0 Å². The van der Waals surface area contributed by atoms with Gasteiger partial charge >= 0.3 is 11.9 Å². The molecule has 334 valence electrons. The van der Waals surface area contributed by atoms with E-state index in [1.54, 1.807) is 0 Å². The minimum absolute atomic E-state index is 0.0427. The van der Waals surface area contributed by atoms with Crippen LogP contribution in [-0.2, 0) is 23.8 Å². The lowest BCUT2D eigenvalue weighted by atomic mass is 10.0. The van der Waals surface area contributed by atoms with Crippen LogP contribution in [-0.4, -0.2) is 37.9 Å². The molecule has 0 amide bonds. The summed E-state index contributed by atoms with van der Waals surface area (Å²) in [7, 11) is 0. The van der Waals surface area contributed by atoms with Crippen molar-refractivity contribution < 1.29 is 23.8 Å². The maximum absolute atomic E-state index is 12.8. The van der Waals surface area contributed by atoms with Gasteiger partial charge < -0.3 is 14.2 Å². The molecule has 0 aliphatic heterocycles. The van der Waals surface area contributed by atoms with Crippen LogP contribution in [0.25, 0.3) is 0 Å². The van der Waals surface area contributed by atoms with Crippen LogP contribution in [0.5, 0.6) is 0 Å². The standard InChI is InChI=1S/C53H92O5/c1-4-7-10-13-16-19-22-25-26-27-30-33-36-39-42-45-48-56-49-51(58-53(55)47-44-41-38-35-32-29-24-21-18-15-12-9-6-3)50-57-52(54)46-43-40-37-34-31-28-23-20-17-14-11-8-5-2/h8,11,16-17,19-20,25-26,28,31,37,40,51H,4-7,9-10,12-15,18,21-24,27,29-30,32-36,38-39,41-50H2,1-3H3/b11-8-,19-16-,20-17-,26-25-,31-28-,40-37-. The van der Waals surface area contributed by atoms with Crippen LogP contribution in [0.2, 0.25) is 0 Å². The highest BCUT2D eigenvalue weighted by Gasteiger charge is 2.17. The Morgan fingerprint density at radius 3 is 1.34 bits per heavy atom. The predicted molar refractivity (Wildman–Crippen MR) is 251 cm³/mol. The Morgan fingerprint density at radius 2 is 0.810 bits per heavy atom. The molecule has 1 unspecified atom stereocenters. The number of allylic oxidation sites excluding steroid dienone is 12. The van der Waals surface area contributed by atoms with Crippen molar-refractivity contribution in [3.05, 3.63) is 72.9 Å². The van der Waals surface area contributed by atoms with Crippen molar-refractivity contribution in [3.63, 3.8) is 0 Å². The van der Waals surface area contributed by atoms with Gasteiger partial charge in [-0.3, -0.25) is 9.59 Å². The molecular weight excluding hydrogens is 717 g/mol. The summed E-state index contributed by atoms with van der Waals surface area (Å²) < 4.78 is 17.3. The molecule has 0 aliphatic carbocycles. The van der Waals surface area contributed by atoms with Gasteiger partial charge in [0.2, 0.25) is 0 Å². The number of hydrogen-bond acceptors (Lipinski definition) is 5. The smallest absolute Gasteiger partial charge is 0.306 e. The Labute approximate surface area is 359 Å². The summed E-state index contributed by atoms with van der Waals surface area (Å²) in [5.41, 5.74) is 0. The van der Waals surface area contributed by atoms with Crippen LogP contribution in [0.3, 0.4) is 0 Å². The van der Waals surface area contributed by atoms with Gasteiger partial charge in [0.1, 0.15) is 6.61 Å². The normalized spacial score (nSPS) is 12.8. The molecule has 0 saturated heterocycles. The third-order valence-electron chi connectivity index (χ3n) is 10.2. The maximum Gasteiger partial charge on any atom is 0.306 e. The first-order valence-corrected chi connectivity index (χ1v) is 24.5. The molecule has 0 aliphatic rings. The van der Waals surface area contributed by atoms with Crippen molar-refractivity contribution in [1.82, 2.24) is 0 Å². The zero-order valence-electron chi connectivity index (χ0n) is 38.3. The van der Waals surface area contributed by atoms with Crippen molar-refractivity contribution >= 4 is 11.9 Å². The Bertz CT molecular complexity index is 1050. The first-order chi connectivity index (χ1) is 28.6. The van der Waals surface area contributed by atoms with Gasteiger partial charge in [0.25, 0.3) is 0 Å². The molecule has 0 bridgehead atoms. The second-order valence-corrected chi connectivity index (χ2v) is 16.0. The van der Waals surface area contributed by atoms with Crippen LogP contribution in [0.4, 0.5) is 0 Å². The monoisotopic (exact) mass is 809 g/mol.